The minimum absolute atomic E-state index is 0.0250. The molecule has 15 heavy (non-hydrogen) atoms. The quantitative estimate of drug-likeness (QED) is 0.667. The van der Waals surface area contributed by atoms with Crippen LogP contribution in [0.5, 0.6) is 0 Å². The Morgan fingerprint density at radius 1 is 1.33 bits per heavy atom. The van der Waals surface area contributed by atoms with E-state index in [-0.39, 0.29) is 30.2 Å². The Bertz CT molecular complexity index is 293. The van der Waals surface area contributed by atoms with E-state index in [2.05, 4.69) is 0 Å². The van der Waals surface area contributed by atoms with Gasteiger partial charge in [-0.1, -0.05) is 19.8 Å². The first kappa shape index (κ1) is 12.1. The van der Waals surface area contributed by atoms with Gasteiger partial charge in [0.15, 0.2) is 0 Å². The Labute approximate surface area is 90.2 Å². The molecule has 1 fully saturated rings. The van der Waals surface area contributed by atoms with Gasteiger partial charge in [-0.3, -0.25) is 14.4 Å². The fourth-order valence-corrected chi connectivity index (χ4v) is 2.22. The van der Waals surface area contributed by atoms with Crippen molar-refractivity contribution in [2.24, 2.45) is 5.41 Å². The molecule has 0 amide bonds. The maximum Gasteiger partial charge on any atom is 0.147 e. The number of hydrogen-bond donors (Lipinski definition) is 0. The molecular formula is C12H18O3. The molecule has 0 saturated heterocycles. The zero-order valence-electron chi connectivity index (χ0n) is 9.47. The van der Waals surface area contributed by atoms with E-state index in [1.165, 1.54) is 6.92 Å². The molecule has 0 aromatic heterocycles. The number of rotatable bonds is 4. The highest BCUT2D eigenvalue weighted by atomic mass is 16.2. The fraction of sp³-hybridized carbons (Fsp3) is 0.750. The summed E-state index contributed by atoms with van der Waals surface area (Å²) in [4.78, 5) is 34.8. The first-order valence-corrected chi connectivity index (χ1v) is 5.59. The average Bonchev–Trinajstić information content (AvgIpc) is 2.19. The molecule has 0 spiro atoms. The van der Waals surface area contributed by atoms with Gasteiger partial charge in [-0.2, -0.15) is 0 Å². The van der Waals surface area contributed by atoms with E-state index in [9.17, 15) is 14.4 Å². The first-order chi connectivity index (χ1) is 7.03. The van der Waals surface area contributed by atoms with Gasteiger partial charge in [0.1, 0.15) is 17.3 Å². The Morgan fingerprint density at radius 2 is 2.00 bits per heavy atom. The zero-order valence-corrected chi connectivity index (χ0v) is 9.47. The maximum atomic E-state index is 11.8. The summed E-state index contributed by atoms with van der Waals surface area (Å²) < 4.78 is 0. The maximum absolute atomic E-state index is 11.8. The summed E-state index contributed by atoms with van der Waals surface area (Å²) in [5.41, 5.74) is -0.967. The molecule has 1 atom stereocenters. The molecule has 1 unspecified atom stereocenters. The normalized spacial score (nSPS) is 26.8. The van der Waals surface area contributed by atoms with Crippen LogP contribution in [0.4, 0.5) is 0 Å². The van der Waals surface area contributed by atoms with E-state index in [0.29, 0.717) is 12.8 Å². The molecule has 0 bridgehead atoms. The van der Waals surface area contributed by atoms with E-state index in [1.54, 1.807) is 0 Å². The first-order valence-electron chi connectivity index (χ1n) is 5.59. The highest BCUT2D eigenvalue weighted by Crippen LogP contribution is 2.37. The van der Waals surface area contributed by atoms with E-state index in [1.807, 2.05) is 6.92 Å². The van der Waals surface area contributed by atoms with Gasteiger partial charge in [-0.15, -0.1) is 0 Å². The zero-order chi connectivity index (χ0) is 11.5. The van der Waals surface area contributed by atoms with E-state index < -0.39 is 5.41 Å². The predicted octanol–water partition coefficient (Wildman–Crippen LogP) is 2.07. The molecule has 0 aliphatic heterocycles. The number of ketones is 3. The SMILES string of the molecule is CCCCC1(C(C)=O)CC(=O)CCC1=O. The van der Waals surface area contributed by atoms with Gasteiger partial charge in [0, 0.05) is 19.3 Å². The molecule has 1 rings (SSSR count). The molecule has 0 radical (unpaired) electrons. The molecule has 84 valence electrons. The summed E-state index contributed by atoms with van der Waals surface area (Å²) in [7, 11) is 0. The summed E-state index contributed by atoms with van der Waals surface area (Å²) in [6, 6.07) is 0. The third-order valence-corrected chi connectivity index (χ3v) is 3.29. The molecule has 0 aromatic rings. The fourth-order valence-electron chi connectivity index (χ4n) is 2.22. The topological polar surface area (TPSA) is 51.2 Å². The number of Topliss-reactive ketones (excluding diaryl/α,β-unsaturated/α-hetero) is 3. The van der Waals surface area contributed by atoms with Crippen molar-refractivity contribution in [3.05, 3.63) is 0 Å². The molecule has 3 heteroatoms. The van der Waals surface area contributed by atoms with Crippen molar-refractivity contribution in [2.75, 3.05) is 0 Å². The lowest BCUT2D eigenvalue weighted by Crippen LogP contribution is -2.43. The Hall–Kier alpha value is -0.990. The van der Waals surface area contributed by atoms with Crippen molar-refractivity contribution in [1.29, 1.82) is 0 Å². The highest BCUT2D eigenvalue weighted by Gasteiger charge is 2.46. The van der Waals surface area contributed by atoms with Crippen LogP contribution in [0.2, 0.25) is 0 Å². The lowest BCUT2D eigenvalue weighted by molar-refractivity contribution is -0.147. The van der Waals surface area contributed by atoms with E-state index >= 15 is 0 Å². The monoisotopic (exact) mass is 210 g/mol. The van der Waals surface area contributed by atoms with Crippen LogP contribution in [0.25, 0.3) is 0 Å². The smallest absolute Gasteiger partial charge is 0.147 e. The van der Waals surface area contributed by atoms with Crippen LogP contribution in [-0.4, -0.2) is 17.3 Å². The van der Waals surface area contributed by atoms with Crippen molar-refractivity contribution >= 4 is 17.3 Å². The summed E-state index contributed by atoms with van der Waals surface area (Å²) in [6.45, 7) is 3.45. The van der Waals surface area contributed by atoms with Gasteiger partial charge >= 0.3 is 0 Å². The molecular weight excluding hydrogens is 192 g/mol. The Morgan fingerprint density at radius 3 is 2.53 bits per heavy atom. The van der Waals surface area contributed by atoms with Crippen LogP contribution in [0.3, 0.4) is 0 Å². The molecule has 0 aromatic carbocycles. The van der Waals surface area contributed by atoms with Crippen molar-refractivity contribution in [3.63, 3.8) is 0 Å². The van der Waals surface area contributed by atoms with Crippen LogP contribution < -0.4 is 0 Å². The van der Waals surface area contributed by atoms with Crippen molar-refractivity contribution in [2.45, 2.75) is 52.4 Å². The lowest BCUT2D eigenvalue weighted by Gasteiger charge is -2.32. The largest absolute Gasteiger partial charge is 0.300 e. The lowest BCUT2D eigenvalue weighted by atomic mass is 9.67. The standard InChI is InChI=1S/C12H18O3/c1-3-4-7-12(9(2)13)8-10(14)5-6-11(12)15/h3-8H2,1-2H3. The van der Waals surface area contributed by atoms with Gasteiger partial charge < -0.3 is 0 Å². The number of carbonyl (C=O) groups excluding carboxylic acids is 3. The van der Waals surface area contributed by atoms with Gasteiger partial charge in [0.05, 0.1) is 5.41 Å². The van der Waals surface area contributed by atoms with Crippen LogP contribution >= 0.6 is 0 Å². The minimum Gasteiger partial charge on any atom is -0.300 e. The molecule has 0 N–H and O–H groups in total. The third-order valence-electron chi connectivity index (χ3n) is 3.29. The predicted molar refractivity (Wildman–Crippen MR) is 56.5 cm³/mol. The molecule has 0 heterocycles. The average molecular weight is 210 g/mol. The van der Waals surface area contributed by atoms with Crippen LogP contribution in [0.1, 0.15) is 52.4 Å². The van der Waals surface area contributed by atoms with E-state index in [0.717, 1.165) is 12.8 Å². The van der Waals surface area contributed by atoms with Gasteiger partial charge in [-0.05, 0) is 13.3 Å². The van der Waals surface area contributed by atoms with Gasteiger partial charge in [-0.25, -0.2) is 0 Å². The Balaban J connectivity index is 2.90. The van der Waals surface area contributed by atoms with Crippen molar-refractivity contribution in [1.82, 2.24) is 0 Å². The minimum atomic E-state index is -0.967. The van der Waals surface area contributed by atoms with Crippen LogP contribution in [-0.2, 0) is 14.4 Å². The second-order valence-corrected chi connectivity index (χ2v) is 4.38. The number of unbranched alkanes of at least 4 members (excludes halogenated alkanes) is 1. The van der Waals surface area contributed by atoms with Crippen molar-refractivity contribution < 1.29 is 14.4 Å². The molecule has 1 aliphatic rings. The van der Waals surface area contributed by atoms with Crippen molar-refractivity contribution in [3.8, 4) is 0 Å². The van der Waals surface area contributed by atoms with Gasteiger partial charge in [0.25, 0.3) is 0 Å². The molecule has 1 saturated carbocycles. The number of carbonyl (C=O) groups is 3. The molecule has 1 aliphatic carbocycles. The second kappa shape index (κ2) is 4.69. The summed E-state index contributed by atoms with van der Waals surface area (Å²) >= 11 is 0. The molecule has 3 nitrogen and oxygen atoms in total. The number of hydrogen-bond acceptors (Lipinski definition) is 3. The van der Waals surface area contributed by atoms with Gasteiger partial charge in [0.2, 0.25) is 0 Å². The summed E-state index contributed by atoms with van der Waals surface area (Å²) in [5.74, 6) is -0.0991. The van der Waals surface area contributed by atoms with Crippen LogP contribution in [0.15, 0.2) is 0 Å². The highest BCUT2D eigenvalue weighted by molar-refractivity contribution is 6.11. The summed E-state index contributed by atoms with van der Waals surface area (Å²) in [5, 5.41) is 0. The third kappa shape index (κ3) is 2.33. The Kier molecular flexibility index (Phi) is 3.77. The van der Waals surface area contributed by atoms with Crippen LogP contribution in [0, 0.1) is 5.41 Å². The summed E-state index contributed by atoms with van der Waals surface area (Å²) in [6.07, 6.45) is 3.03. The second-order valence-electron chi connectivity index (χ2n) is 4.38. The van der Waals surface area contributed by atoms with E-state index in [4.69, 9.17) is 0 Å².